The minimum absolute atomic E-state index is 0.538. The highest BCUT2D eigenvalue weighted by Crippen LogP contribution is 2.39. The van der Waals surface area contributed by atoms with Gasteiger partial charge in [-0.05, 0) is 31.7 Å². The second kappa shape index (κ2) is 7.65. The zero-order valence-corrected chi connectivity index (χ0v) is 17.3. The first kappa shape index (κ1) is 18.4. The number of piperazine rings is 1. The minimum Gasteiger partial charge on any atom is -0.383 e. The molecule has 2 N–H and O–H groups in total. The number of anilines is 1. The summed E-state index contributed by atoms with van der Waals surface area (Å²) in [5, 5.41) is 11.5. The number of rotatable bonds is 5. The summed E-state index contributed by atoms with van der Waals surface area (Å²) in [5.41, 5.74) is 8.59. The van der Waals surface area contributed by atoms with Crippen LogP contribution >= 0.6 is 0 Å². The predicted octanol–water partition coefficient (Wildman–Crippen LogP) is 3.70. The maximum atomic E-state index is 4.62. The smallest absolute Gasteiger partial charge is 0.0962 e. The molecule has 5 nitrogen and oxygen atoms in total. The highest BCUT2D eigenvalue weighted by molar-refractivity contribution is 5.81. The topological polar surface area (TPSA) is 47.2 Å². The molecule has 29 heavy (non-hydrogen) atoms. The van der Waals surface area contributed by atoms with E-state index in [-0.39, 0.29) is 0 Å². The lowest BCUT2D eigenvalue weighted by Gasteiger charge is -2.36. The number of likely N-dealkylation sites (N-methyl/N-ethyl adjacent to an activating group) is 1. The molecule has 1 fully saturated rings. The molecule has 1 atom stereocenters. The van der Waals surface area contributed by atoms with Crippen molar-refractivity contribution < 1.29 is 0 Å². The number of nitrogens with zero attached hydrogens (tertiary/aromatic N) is 3. The summed E-state index contributed by atoms with van der Waals surface area (Å²) in [7, 11) is 2.20. The Morgan fingerprint density at radius 1 is 1.03 bits per heavy atom. The van der Waals surface area contributed by atoms with Crippen molar-refractivity contribution in [2.45, 2.75) is 19.4 Å². The average Bonchev–Trinajstić information content (AvgIpc) is 3.32. The van der Waals surface area contributed by atoms with Gasteiger partial charge in [-0.25, -0.2) is 0 Å². The van der Waals surface area contributed by atoms with Crippen LogP contribution in [0.2, 0.25) is 0 Å². The third kappa shape index (κ3) is 3.56. The van der Waals surface area contributed by atoms with Crippen LogP contribution in [0.5, 0.6) is 0 Å². The van der Waals surface area contributed by atoms with Crippen molar-refractivity contribution in [1.82, 2.24) is 20.0 Å². The van der Waals surface area contributed by atoms with Crippen LogP contribution in [-0.4, -0.2) is 65.8 Å². The van der Waals surface area contributed by atoms with Gasteiger partial charge < -0.3 is 10.2 Å². The number of aromatic amines is 1. The Hall–Kier alpha value is -2.63. The van der Waals surface area contributed by atoms with Crippen LogP contribution in [-0.2, 0) is 6.42 Å². The van der Waals surface area contributed by atoms with E-state index in [9.17, 15) is 0 Å². The van der Waals surface area contributed by atoms with Crippen molar-refractivity contribution >= 4 is 5.69 Å². The molecule has 5 rings (SSSR count). The van der Waals surface area contributed by atoms with Crippen molar-refractivity contribution in [2.75, 3.05) is 45.1 Å². The summed E-state index contributed by atoms with van der Waals surface area (Å²) < 4.78 is 0. The van der Waals surface area contributed by atoms with Crippen LogP contribution in [0, 0.1) is 0 Å². The number of benzene rings is 2. The summed E-state index contributed by atoms with van der Waals surface area (Å²) in [6, 6.07) is 17.9. The Bertz CT molecular complexity index is 983. The van der Waals surface area contributed by atoms with Gasteiger partial charge in [0.2, 0.25) is 0 Å². The van der Waals surface area contributed by atoms with E-state index in [4.69, 9.17) is 0 Å². The quantitative estimate of drug-likeness (QED) is 0.548. The summed E-state index contributed by atoms with van der Waals surface area (Å²) in [6.07, 6.45) is 0.958. The molecule has 1 aromatic heterocycles. The van der Waals surface area contributed by atoms with Crippen LogP contribution < -0.4 is 5.32 Å². The lowest BCUT2D eigenvalue weighted by atomic mass is 10.1. The maximum Gasteiger partial charge on any atom is 0.0962 e. The van der Waals surface area contributed by atoms with Crippen molar-refractivity contribution in [3.8, 4) is 22.5 Å². The second-order valence-electron chi connectivity index (χ2n) is 8.41. The number of H-pyrrole nitrogens is 1. The molecule has 0 spiro atoms. The Kier molecular flexibility index (Phi) is 4.86. The van der Waals surface area contributed by atoms with E-state index in [1.165, 1.54) is 33.6 Å². The number of hydrogen-bond acceptors (Lipinski definition) is 4. The zero-order chi connectivity index (χ0) is 19.8. The fourth-order valence-corrected chi connectivity index (χ4v) is 4.51. The van der Waals surface area contributed by atoms with Crippen LogP contribution in [0.15, 0.2) is 48.5 Å². The molecule has 2 heterocycles. The first-order chi connectivity index (χ1) is 14.2. The predicted molar refractivity (Wildman–Crippen MR) is 119 cm³/mol. The number of nitrogens with one attached hydrogen (secondary N) is 2. The number of fused-ring (bicyclic) bond motifs is 3. The number of hydrogen-bond donors (Lipinski definition) is 2. The Balaban J connectivity index is 1.24. The first-order valence-electron chi connectivity index (χ1n) is 10.6. The van der Waals surface area contributed by atoms with Gasteiger partial charge in [-0.2, -0.15) is 5.10 Å². The van der Waals surface area contributed by atoms with Crippen LogP contribution in [0.3, 0.4) is 0 Å². The van der Waals surface area contributed by atoms with E-state index < -0.39 is 0 Å². The van der Waals surface area contributed by atoms with Crippen LogP contribution in [0.4, 0.5) is 5.69 Å². The third-order valence-corrected chi connectivity index (χ3v) is 6.44. The monoisotopic (exact) mass is 387 g/mol. The van der Waals surface area contributed by atoms with Gasteiger partial charge >= 0.3 is 0 Å². The molecule has 0 saturated carbocycles. The molecule has 0 amide bonds. The van der Waals surface area contributed by atoms with Gasteiger partial charge in [-0.15, -0.1) is 0 Å². The molecule has 1 aliphatic heterocycles. The molecular formula is C24H29N5. The Morgan fingerprint density at radius 3 is 2.59 bits per heavy atom. The largest absolute Gasteiger partial charge is 0.383 e. The molecule has 0 bridgehead atoms. The molecule has 5 heteroatoms. The summed E-state index contributed by atoms with van der Waals surface area (Å²) in [6.45, 7) is 7.93. The van der Waals surface area contributed by atoms with Gasteiger partial charge in [0.25, 0.3) is 0 Å². The highest BCUT2D eigenvalue weighted by Gasteiger charge is 2.24. The maximum absolute atomic E-state index is 4.62. The van der Waals surface area contributed by atoms with Crippen molar-refractivity contribution in [2.24, 2.45) is 0 Å². The van der Waals surface area contributed by atoms with E-state index in [0.29, 0.717) is 6.04 Å². The van der Waals surface area contributed by atoms with Crippen LogP contribution in [0.25, 0.3) is 22.5 Å². The summed E-state index contributed by atoms with van der Waals surface area (Å²) >= 11 is 0. The second-order valence-corrected chi connectivity index (χ2v) is 8.41. The SMILES string of the molecule is CC(CNc1ccc(-c2n[nH]c3c2Cc2ccccc2-3)cc1)N1CCN(C)CC1. The van der Waals surface area contributed by atoms with Gasteiger partial charge in [0.15, 0.2) is 0 Å². The van der Waals surface area contributed by atoms with Gasteiger partial charge in [0, 0.05) is 67.6 Å². The Morgan fingerprint density at radius 2 is 1.79 bits per heavy atom. The third-order valence-electron chi connectivity index (χ3n) is 6.44. The van der Waals surface area contributed by atoms with Gasteiger partial charge in [0.1, 0.15) is 0 Å². The van der Waals surface area contributed by atoms with E-state index in [1.54, 1.807) is 0 Å². The normalized spacial score (nSPS) is 17.7. The van der Waals surface area contributed by atoms with Gasteiger partial charge in [0.05, 0.1) is 11.4 Å². The standard InChI is InChI=1S/C24H29N5/c1-17(29-13-11-28(2)12-14-29)16-25-20-9-7-18(8-10-20)23-22-15-19-5-3-4-6-21(19)24(22)27-26-23/h3-10,17,25H,11-16H2,1-2H3,(H,26,27). The van der Waals surface area contributed by atoms with Crippen LogP contribution in [0.1, 0.15) is 18.1 Å². The Labute approximate surface area is 172 Å². The molecule has 1 aliphatic carbocycles. The average molecular weight is 388 g/mol. The highest BCUT2D eigenvalue weighted by atomic mass is 15.3. The van der Waals surface area contributed by atoms with Crippen molar-refractivity contribution in [3.63, 3.8) is 0 Å². The lowest BCUT2D eigenvalue weighted by Crippen LogP contribution is -2.49. The molecule has 1 saturated heterocycles. The van der Waals surface area contributed by atoms with E-state index in [2.05, 4.69) is 87.8 Å². The van der Waals surface area contributed by atoms with E-state index in [0.717, 1.165) is 44.8 Å². The fraction of sp³-hybridized carbons (Fsp3) is 0.375. The molecule has 2 aliphatic rings. The van der Waals surface area contributed by atoms with Gasteiger partial charge in [-0.3, -0.25) is 10.00 Å². The summed E-state index contributed by atoms with van der Waals surface area (Å²) in [4.78, 5) is 4.98. The lowest BCUT2D eigenvalue weighted by molar-refractivity contribution is 0.123. The van der Waals surface area contributed by atoms with Crippen molar-refractivity contribution in [1.29, 1.82) is 0 Å². The van der Waals surface area contributed by atoms with E-state index in [1.807, 2.05) is 0 Å². The van der Waals surface area contributed by atoms with E-state index >= 15 is 0 Å². The fourth-order valence-electron chi connectivity index (χ4n) is 4.51. The molecule has 2 aromatic carbocycles. The molecule has 150 valence electrons. The van der Waals surface area contributed by atoms with Gasteiger partial charge in [-0.1, -0.05) is 36.4 Å². The molecule has 1 unspecified atom stereocenters. The molecular weight excluding hydrogens is 358 g/mol. The number of aromatic nitrogens is 2. The zero-order valence-electron chi connectivity index (χ0n) is 17.3. The molecule has 3 aromatic rings. The minimum atomic E-state index is 0.538. The van der Waals surface area contributed by atoms with Crippen molar-refractivity contribution in [3.05, 3.63) is 59.7 Å². The molecule has 0 radical (unpaired) electrons. The summed E-state index contributed by atoms with van der Waals surface area (Å²) in [5.74, 6) is 0. The first-order valence-corrected chi connectivity index (χ1v) is 10.6.